The molecule has 1 nitrogen and oxygen atoms in total. The van der Waals surface area contributed by atoms with Gasteiger partial charge in [0.05, 0.1) is 0 Å². The Kier molecular flexibility index (Phi) is 4.58. The molecule has 1 aromatic carbocycles. The van der Waals surface area contributed by atoms with Gasteiger partial charge in [-0.15, -0.1) is 0 Å². The van der Waals surface area contributed by atoms with E-state index < -0.39 is 8.32 Å². The van der Waals surface area contributed by atoms with Crippen LogP contribution in [0.5, 0.6) is 0 Å². The third-order valence-corrected chi connectivity index (χ3v) is 6.91. The number of rotatable bonds is 5. The smallest absolute Gasteiger partial charge is 0.169 e. The van der Waals surface area contributed by atoms with Gasteiger partial charge in [-0.25, -0.2) is 0 Å². The molecular weight excluding hydrogens is 204 g/mol. The molecule has 0 heterocycles. The lowest BCUT2D eigenvalue weighted by molar-refractivity contribution is 0.594. The maximum Gasteiger partial charge on any atom is 0.169 e. The minimum Gasteiger partial charge on any atom is -0.461 e. The van der Waals surface area contributed by atoms with E-state index in [1.807, 2.05) is 0 Å². The highest BCUT2D eigenvalue weighted by atomic mass is 28.4. The van der Waals surface area contributed by atoms with Crippen LogP contribution in [0.1, 0.15) is 5.56 Å². The summed E-state index contributed by atoms with van der Waals surface area (Å²) in [6.45, 7) is 6.80. The first-order valence-electron chi connectivity index (χ1n) is 5.26. The average Bonchev–Trinajstić information content (AvgIpc) is 2.13. The Bertz CT molecular complexity index is 254. The summed E-state index contributed by atoms with van der Waals surface area (Å²) in [5.41, 5.74) is 1.44. The lowest BCUT2D eigenvalue weighted by Crippen LogP contribution is -2.27. The van der Waals surface area contributed by atoms with Gasteiger partial charge in [-0.05, 0) is 37.7 Å². The van der Waals surface area contributed by atoms with E-state index in [1.54, 1.807) is 0 Å². The van der Waals surface area contributed by atoms with Crippen LogP contribution in [0.3, 0.4) is 0 Å². The van der Waals surface area contributed by atoms with Crippen molar-refractivity contribution in [3.8, 4) is 0 Å². The predicted octanol–water partition coefficient (Wildman–Crippen LogP) is 2.58. The van der Waals surface area contributed by atoms with Gasteiger partial charge in [-0.2, -0.15) is 0 Å². The van der Waals surface area contributed by atoms with Crippen LogP contribution >= 0.6 is 0 Å². The second-order valence-electron chi connectivity index (χ2n) is 4.55. The van der Waals surface area contributed by atoms with Crippen molar-refractivity contribution in [3.05, 3.63) is 35.9 Å². The van der Waals surface area contributed by atoms with Crippen LogP contribution in [-0.4, -0.2) is 18.1 Å². The molecule has 78 valence electrons. The third-order valence-electron chi connectivity index (χ3n) is 1.99. The molecule has 0 unspecified atom stereocenters. The van der Waals surface area contributed by atoms with Crippen molar-refractivity contribution in [3.63, 3.8) is 0 Å². The highest BCUT2D eigenvalue weighted by molar-refractivity contribution is 6.73. The molecule has 0 aromatic heterocycles. The fourth-order valence-corrected chi connectivity index (χ4v) is 4.88. The molecule has 1 aromatic rings. The summed E-state index contributed by atoms with van der Waals surface area (Å²) < 4.78 is 5.93. The molecule has 0 aliphatic carbocycles. The van der Waals surface area contributed by atoms with Crippen LogP contribution in [0.15, 0.2) is 30.3 Å². The minimum atomic E-state index is -1.23. The van der Waals surface area contributed by atoms with Gasteiger partial charge in [-0.3, -0.25) is 0 Å². The average molecular weight is 224 g/mol. The number of hydrogen-bond acceptors (Lipinski definition) is 1. The molecule has 0 spiro atoms. The van der Waals surface area contributed by atoms with Crippen molar-refractivity contribution in [1.29, 1.82) is 0 Å². The molecule has 0 amide bonds. The molecule has 0 bridgehead atoms. The molecule has 0 aliphatic rings. The zero-order valence-corrected chi connectivity index (χ0v) is 11.8. The Morgan fingerprint density at radius 2 is 1.79 bits per heavy atom. The Morgan fingerprint density at radius 3 is 2.36 bits per heavy atom. The summed E-state index contributed by atoms with van der Waals surface area (Å²) in [4.78, 5) is 0. The molecule has 0 radical (unpaired) electrons. The fraction of sp³-hybridized carbons (Fsp3) is 0.455. The first kappa shape index (κ1) is 11.7. The number of benzene rings is 1. The quantitative estimate of drug-likeness (QED) is 0.552. The van der Waals surface area contributed by atoms with Gasteiger partial charge in [0.1, 0.15) is 9.76 Å². The molecule has 0 saturated heterocycles. The van der Waals surface area contributed by atoms with Crippen LogP contribution in [0.2, 0.25) is 25.7 Å². The minimum absolute atomic E-state index is 0.275. The lowest BCUT2D eigenvalue weighted by Gasteiger charge is -2.17. The molecule has 1 rings (SSSR count). The molecule has 0 N–H and O–H groups in total. The zero-order valence-electron chi connectivity index (χ0n) is 9.42. The standard InChI is InChI=1S/C11H20OSi2/c1-14(2,3)12-13-10-9-11-7-5-4-6-8-11/h4-8H,9-10,13H2,1-3H3. The van der Waals surface area contributed by atoms with E-state index >= 15 is 0 Å². The van der Waals surface area contributed by atoms with E-state index in [2.05, 4.69) is 50.0 Å². The monoisotopic (exact) mass is 224 g/mol. The van der Waals surface area contributed by atoms with Crippen molar-refractivity contribution in [2.45, 2.75) is 32.1 Å². The molecule has 0 saturated carbocycles. The highest BCUT2D eigenvalue weighted by Gasteiger charge is 2.12. The zero-order chi connectivity index (χ0) is 10.4. The molecule has 0 aliphatic heterocycles. The molecule has 14 heavy (non-hydrogen) atoms. The van der Waals surface area contributed by atoms with Crippen LogP contribution in [0.25, 0.3) is 0 Å². The van der Waals surface area contributed by atoms with Gasteiger partial charge >= 0.3 is 0 Å². The maximum absolute atomic E-state index is 5.93. The largest absolute Gasteiger partial charge is 0.461 e. The Labute approximate surface area is 90.6 Å². The van der Waals surface area contributed by atoms with E-state index in [0.717, 1.165) is 0 Å². The van der Waals surface area contributed by atoms with E-state index in [4.69, 9.17) is 4.12 Å². The van der Waals surface area contributed by atoms with Gasteiger partial charge in [0.2, 0.25) is 0 Å². The summed E-state index contributed by atoms with van der Waals surface area (Å²) in [6, 6.07) is 12.0. The van der Waals surface area contributed by atoms with Gasteiger partial charge < -0.3 is 4.12 Å². The first-order chi connectivity index (χ1) is 6.58. The van der Waals surface area contributed by atoms with E-state index in [-0.39, 0.29) is 9.76 Å². The number of aryl methyl sites for hydroxylation is 1. The summed E-state index contributed by atoms with van der Waals surface area (Å²) in [5, 5.41) is 0. The molecule has 3 heteroatoms. The summed E-state index contributed by atoms with van der Waals surface area (Å²) in [6.07, 6.45) is 1.19. The van der Waals surface area contributed by atoms with Crippen molar-refractivity contribution in [1.82, 2.24) is 0 Å². The maximum atomic E-state index is 5.93. The summed E-state index contributed by atoms with van der Waals surface area (Å²) >= 11 is 0. The summed E-state index contributed by atoms with van der Waals surface area (Å²) in [5.74, 6) is 0. The van der Waals surface area contributed by atoms with Gasteiger partial charge in [0, 0.05) is 0 Å². The van der Waals surface area contributed by atoms with E-state index in [9.17, 15) is 0 Å². The van der Waals surface area contributed by atoms with Crippen LogP contribution in [0, 0.1) is 0 Å². The SMILES string of the molecule is C[Si](C)(C)O[SiH2]CCc1ccccc1. The molecule has 0 atom stereocenters. The Morgan fingerprint density at radius 1 is 1.14 bits per heavy atom. The van der Waals surface area contributed by atoms with Crippen molar-refractivity contribution in [2.75, 3.05) is 0 Å². The topological polar surface area (TPSA) is 9.23 Å². The van der Waals surface area contributed by atoms with Crippen LogP contribution in [0.4, 0.5) is 0 Å². The normalized spacial score (nSPS) is 12.5. The highest BCUT2D eigenvalue weighted by Crippen LogP contribution is 2.05. The first-order valence-corrected chi connectivity index (χ1v) is 10.2. The Hall–Kier alpha value is -0.386. The second-order valence-corrected chi connectivity index (χ2v) is 11.0. The predicted molar refractivity (Wildman–Crippen MR) is 67.9 cm³/mol. The fourth-order valence-electron chi connectivity index (χ4n) is 1.30. The third kappa shape index (κ3) is 5.37. The van der Waals surface area contributed by atoms with Crippen LogP contribution < -0.4 is 0 Å². The van der Waals surface area contributed by atoms with Gasteiger partial charge in [0.25, 0.3) is 0 Å². The van der Waals surface area contributed by atoms with E-state index in [0.29, 0.717) is 0 Å². The van der Waals surface area contributed by atoms with E-state index in [1.165, 1.54) is 18.0 Å². The van der Waals surface area contributed by atoms with Crippen molar-refractivity contribution in [2.24, 2.45) is 0 Å². The Balaban J connectivity index is 2.17. The van der Waals surface area contributed by atoms with Crippen LogP contribution in [-0.2, 0) is 10.5 Å². The lowest BCUT2D eigenvalue weighted by atomic mass is 10.2. The molecule has 0 fully saturated rings. The number of hydrogen-bond donors (Lipinski definition) is 0. The molecular formula is C11H20OSi2. The van der Waals surface area contributed by atoms with Gasteiger partial charge in [0.15, 0.2) is 8.32 Å². The summed E-state index contributed by atoms with van der Waals surface area (Å²) in [7, 11) is -1.51. The second kappa shape index (κ2) is 5.48. The van der Waals surface area contributed by atoms with Crippen molar-refractivity contribution >= 4 is 18.1 Å². The van der Waals surface area contributed by atoms with Crippen molar-refractivity contribution < 1.29 is 4.12 Å². The van der Waals surface area contributed by atoms with Gasteiger partial charge in [-0.1, -0.05) is 30.3 Å².